The summed E-state index contributed by atoms with van der Waals surface area (Å²) in [6, 6.07) is 10.1. The summed E-state index contributed by atoms with van der Waals surface area (Å²) in [4.78, 5) is 31.1. The van der Waals surface area contributed by atoms with Crippen molar-refractivity contribution in [2.45, 2.75) is 32.2 Å². The highest BCUT2D eigenvalue weighted by atomic mass is 32.1. The summed E-state index contributed by atoms with van der Waals surface area (Å²) >= 11 is 1.83. The van der Waals surface area contributed by atoms with E-state index in [0.29, 0.717) is 18.9 Å². The maximum Gasteiger partial charge on any atom is 0.236 e. The van der Waals surface area contributed by atoms with Crippen molar-refractivity contribution >= 4 is 28.8 Å². The maximum atomic E-state index is 12.8. The number of carbonyl (C=O) groups excluding carboxylic acids is 2. The number of aromatic nitrogens is 2. The number of rotatable bonds is 6. The molecule has 1 spiro atoms. The first kappa shape index (κ1) is 22.5. The second-order valence-electron chi connectivity index (χ2n) is 10.6. The third kappa shape index (κ3) is 4.65. The fourth-order valence-electron chi connectivity index (χ4n) is 6.03. The first-order valence-corrected chi connectivity index (χ1v) is 13.3. The van der Waals surface area contributed by atoms with E-state index in [1.54, 1.807) is 4.68 Å². The average Bonchev–Trinajstić information content (AvgIpc) is 3.43. The van der Waals surface area contributed by atoms with Crippen molar-refractivity contribution in [2.24, 2.45) is 18.4 Å². The molecule has 182 valence electrons. The Morgan fingerprint density at radius 3 is 2.69 bits per heavy atom. The summed E-state index contributed by atoms with van der Waals surface area (Å²) in [5, 5.41) is 9.40. The van der Waals surface area contributed by atoms with Crippen molar-refractivity contribution in [3.63, 3.8) is 0 Å². The van der Waals surface area contributed by atoms with Crippen LogP contribution < -0.4 is 5.32 Å². The van der Waals surface area contributed by atoms with Crippen molar-refractivity contribution < 1.29 is 9.59 Å². The number of fused-ring (bicyclic) bond motifs is 1. The largest absolute Gasteiger partial charge is 0.340 e. The summed E-state index contributed by atoms with van der Waals surface area (Å²) in [6.45, 7) is 4.11. The van der Waals surface area contributed by atoms with Crippen molar-refractivity contribution in [1.82, 2.24) is 19.6 Å². The lowest BCUT2D eigenvalue weighted by molar-refractivity contribution is -0.157. The zero-order chi connectivity index (χ0) is 24.0. The van der Waals surface area contributed by atoms with Crippen LogP contribution in [0.4, 0.5) is 5.69 Å². The Kier molecular flexibility index (Phi) is 5.73. The minimum absolute atomic E-state index is 0.0733. The molecule has 2 amide bonds. The Labute approximate surface area is 209 Å². The van der Waals surface area contributed by atoms with E-state index in [-0.39, 0.29) is 17.2 Å². The third-order valence-electron chi connectivity index (χ3n) is 7.78. The summed E-state index contributed by atoms with van der Waals surface area (Å²) in [5.41, 5.74) is 4.61. The molecule has 1 aromatic carbocycles. The number of nitrogens with one attached hydrogen (secondary N) is 1. The lowest BCUT2D eigenvalue weighted by atomic mass is 9.57. The van der Waals surface area contributed by atoms with Crippen LogP contribution in [0.5, 0.6) is 0 Å². The van der Waals surface area contributed by atoms with Crippen LogP contribution in [0.15, 0.2) is 48.1 Å². The molecular formula is C27H31N5O2S. The second kappa shape index (κ2) is 8.91. The van der Waals surface area contributed by atoms with Crippen LogP contribution in [0, 0.1) is 11.3 Å². The molecule has 2 fully saturated rings. The Morgan fingerprint density at radius 1 is 1.14 bits per heavy atom. The molecule has 1 N–H and O–H groups in total. The summed E-state index contributed by atoms with van der Waals surface area (Å²) in [5.74, 6) is 0.746. The SMILES string of the molecule is Cn1cc(-c2ccc(NC(=O)CC3CC4(C3)CN(C(=O)CN3CCc5sccc5C3)C4)cc2)cn1. The summed E-state index contributed by atoms with van der Waals surface area (Å²) < 4.78 is 1.78. The van der Waals surface area contributed by atoms with E-state index in [2.05, 4.69) is 26.8 Å². The van der Waals surface area contributed by atoms with Crippen molar-refractivity contribution in [1.29, 1.82) is 0 Å². The maximum absolute atomic E-state index is 12.8. The Hall–Kier alpha value is -2.97. The van der Waals surface area contributed by atoms with Gasteiger partial charge in [-0.1, -0.05) is 12.1 Å². The molecule has 7 nitrogen and oxygen atoms in total. The van der Waals surface area contributed by atoms with Gasteiger partial charge in [-0.25, -0.2) is 0 Å². The van der Waals surface area contributed by atoms with Crippen LogP contribution in [0.3, 0.4) is 0 Å². The molecule has 0 atom stereocenters. The lowest BCUT2D eigenvalue weighted by Gasteiger charge is -2.59. The quantitative estimate of drug-likeness (QED) is 0.572. The van der Waals surface area contributed by atoms with E-state index >= 15 is 0 Å². The number of aryl methyl sites for hydroxylation is 1. The highest BCUT2D eigenvalue weighted by Gasteiger charge is 2.53. The van der Waals surface area contributed by atoms with Crippen molar-refractivity contribution in [3.8, 4) is 11.1 Å². The monoisotopic (exact) mass is 489 g/mol. The molecular weight excluding hydrogens is 458 g/mol. The molecule has 4 heterocycles. The number of amides is 2. The Balaban J connectivity index is 0.920. The first-order valence-electron chi connectivity index (χ1n) is 12.4. The van der Waals surface area contributed by atoms with Gasteiger partial charge in [0.1, 0.15) is 0 Å². The van der Waals surface area contributed by atoms with Gasteiger partial charge in [0.25, 0.3) is 0 Å². The number of likely N-dealkylation sites (tertiary alicyclic amines) is 1. The van der Waals surface area contributed by atoms with Crippen LogP contribution in [0.1, 0.15) is 29.7 Å². The van der Waals surface area contributed by atoms with Gasteiger partial charge in [-0.05, 0) is 59.9 Å². The van der Waals surface area contributed by atoms with E-state index < -0.39 is 0 Å². The molecule has 2 aliphatic heterocycles. The molecule has 0 unspecified atom stereocenters. The van der Waals surface area contributed by atoms with Crippen LogP contribution in [0.2, 0.25) is 0 Å². The molecule has 6 rings (SSSR count). The van der Waals surface area contributed by atoms with Crippen LogP contribution in [-0.2, 0) is 29.6 Å². The lowest BCUT2D eigenvalue weighted by Crippen LogP contribution is -2.65. The number of carbonyl (C=O) groups is 2. The first-order chi connectivity index (χ1) is 16.9. The van der Waals surface area contributed by atoms with E-state index in [1.807, 2.05) is 59.9 Å². The zero-order valence-corrected chi connectivity index (χ0v) is 20.9. The van der Waals surface area contributed by atoms with Gasteiger partial charge in [0.15, 0.2) is 0 Å². The molecule has 1 aliphatic carbocycles. The molecule has 0 bridgehead atoms. The van der Waals surface area contributed by atoms with Gasteiger partial charge in [-0.15, -0.1) is 11.3 Å². The molecule has 0 radical (unpaired) electrons. The molecule has 2 aromatic heterocycles. The van der Waals surface area contributed by atoms with E-state index in [1.165, 1.54) is 10.4 Å². The number of anilines is 1. The van der Waals surface area contributed by atoms with Gasteiger partial charge in [0, 0.05) is 67.4 Å². The second-order valence-corrected chi connectivity index (χ2v) is 11.6. The van der Waals surface area contributed by atoms with Gasteiger partial charge in [0.05, 0.1) is 12.7 Å². The topological polar surface area (TPSA) is 70.5 Å². The highest BCUT2D eigenvalue weighted by molar-refractivity contribution is 7.10. The number of benzene rings is 1. The van der Waals surface area contributed by atoms with Crippen LogP contribution in [-0.4, -0.2) is 57.6 Å². The number of nitrogens with zero attached hydrogens (tertiary/aromatic N) is 4. The van der Waals surface area contributed by atoms with E-state index in [4.69, 9.17) is 0 Å². The fraction of sp³-hybridized carbons (Fsp3) is 0.444. The van der Waals surface area contributed by atoms with Gasteiger partial charge < -0.3 is 10.2 Å². The molecule has 3 aromatic rings. The van der Waals surface area contributed by atoms with Crippen molar-refractivity contribution in [2.75, 3.05) is 31.5 Å². The fourth-order valence-corrected chi connectivity index (χ4v) is 6.92. The summed E-state index contributed by atoms with van der Waals surface area (Å²) in [7, 11) is 1.90. The average molecular weight is 490 g/mol. The number of hydrogen-bond donors (Lipinski definition) is 1. The Bertz CT molecular complexity index is 1230. The third-order valence-corrected chi connectivity index (χ3v) is 8.80. The molecule has 1 saturated carbocycles. The zero-order valence-electron chi connectivity index (χ0n) is 20.1. The smallest absolute Gasteiger partial charge is 0.236 e. The van der Waals surface area contributed by atoms with Crippen LogP contribution >= 0.6 is 11.3 Å². The van der Waals surface area contributed by atoms with Gasteiger partial charge >= 0.3 is 0 Å². The standard InChI is InChI=1S/C27H31N5O2S/c1-30-14-22(13-28-30)20-2-4-23(5-3-20)29-25(33)10-19-11-27(12-19)17-32(18-27)26(34)16-31-8-6-24-21(15-31)7-9-35-24/h2-5,7,9,13-14,19H,6,8,10-12,15-18H2,1H3,(H,29,33). The Morgan fingerprint density at radius 2 is 1.94 bits per heavy atom. The normalized spacial score (nSPS) is 19.2. The highest BCUT2D eigenvalue weighted by Crippen LogP contribution is 2.53. The van der Waals surface area contributed by atoms with Gasteiger partial charge in [-0.2, -0.15) is 5.10 Å². The summed E-state index contributed by atoms with van der Waals surface area (Å²) in [6.07, 6.45) is 7.52. The number of thiophene rings is 1. The number of hydrogen-bond acceptors (Lipinski definition) is 5. The predicted octanol–water partition coefficient (Wildman–Crippen LogP) is 3.77. The molecule has 8 heteroatoms. The minimum atomic E-state index is 0.0733. The van der Waals surface area contributed by atoms with Crippen molar-refractivity contribution in [3.05, 3.63) is 58.5 Å². The minimum Gasteiger partial charge on any atom is -0.340 e. The van der Waals surface area contributed by atoms with E-state index in [0.717, 1.165) is 62.3 Å². The van der Waals surface area contributed by atoms with Crippen LogP contribution in [0.25, 0.3) is 11.1 Å². The van der Waals surface area contributed by atoms with E-state index in [9.17, 15) is 9.59 Å². The molecule has 35 heavy (non-hydrogen) atoms. The van der Waals surface area contributed by atoms with Gasteiger partial charge in [0.2, 0.25) is 11.8 Å². The predicted molar refractivity (Wildman–Crippen MR) is 137 cm³/mol. The molecule has 1 saturated heterocycles. The molecule has 3 aliphatic rings. The van der Waals surface area contributed by atoms with Gasteiger partial charge in [-0.3, -0.25) is 19.2 Å².